The summed E-state index contributed by atoms with van der Waals surface area (Å²) in [5.74, 6) is -0.0263. The number of nitrogens with zero attached hydrogens (tertiary/aromatic N) is 1. The second-order valence-corrected chi connectivity index (χ2v) is 5.34. The molecule has 0 radical (unpaired) electrons. The van der Waals surface area contributed by atoms with Gasteiger partial charge in [-0.15, -0.1) is 0 Å². The Morgan fingerprint density at radius 1 is 1.21 bits per heavy atom. The molecular formula is C15H16BrN2O+. The fraction of sp³-hybridized carbons (Fsp3) is 0.200. The molecule has 0 aliphatic carbocycles. The number of nitrogens with one attached hydrogen (secondary N) is 1. The van der Waals surface area contributed by atoms with Gasteiger partial charge in [0.25, 0.3) is 5.91 Å². The van der Waals surface area contributed by atoms with Crippen LogP contribution in [-0.2, 0) is 4.79 Å². The van der Waals surface area contributed by atoms with Gasteiger partial charge in [0.05, 0.1) is 0 Å². The van der Waals surface area contributed by atoms with Gasteiger partial charge >= 0.3 is 0 Å². The Morgan fingerprint density at radius 2 is 1.89 bits per heavy atom. The monoisotopic (exact) mass is 319 g/mol. The quantitative estimate of drug-likeness (QED) is 0.865. The van der Waals surface area contributed by atoms with E-state index in [2.05, 4.69) is 21.2 Å². The molecule has 1 aromatic heterocycles. The van der Waals surface area contributed by atoms with Crippen LogP contribution in [0.25, 0.3) is 0 Å². The summed E-state index contributed by atoms with van der Waals surface area (Å²) in [5, 5.41) is 2.91. The summed E-state index contributed by atoms with van der Waals surface area (Å²) < 4.78 is 2.95. The molecule has 1 heterocycles. The van der Waals surface area contributed by atoms with Crippen LogP contribution in [-0.4, -0.2) is 5.91 Å². The average molecular weight is 320 g/mol. The van der Waals surface area contributed by atoms with E-state index in [1.54, 1.807) is 0 Å². The maximum atomic E-state index is 12.2. The van der Waals surface area contributed by atoms with Gasteiger partial charge in [-0.1, -0.05) is 22.0 Å². The third-order valence-corrected chi connectivity index (χ3v) is 3.54. The summed E-state index contributed by atoms with van der Waals surface area (Å²) in [5.41, 5.74) is 1.86. The first-order chi connectivity index (χ1) is 9.08. The first-order valence-electron chi connectivity index (χ1n) is 6.11. The molecule has 2 aromatic rings. The van der Waals surface area contributed by atoms with E-state index in [0.29, 0.717) is 0 Å². The first-order valence-corrected chi connectivity index (χ1v) is 6.90. The highest BCUT2D eigenvalue weighted by Crippen LogP contribution is 2.15. The van der Waals surface area contributed by atoms with Crippen LogP contribution in [0.15, 0.2) is 53.1 Å². The van der Waals surface area contributed by atoms with Gasteiger partial charge in [-0.2, -0.15) is 4.57 Å². The van der Waals surface area contributed by atoms with Crippen LogP contribution in [0, 0.1) is 6.92 Å². The number of carbonyl (C=O) groups is 1. The molecule has 0 aliphatic heterocycles. The van der Waals surface area contributed by atoms with Gasteiger partial charge in [0.1, 0.15) is 0 Å². The van der Waals surface area contributed by atoms with Crippen molar-refractivity contribution < 1.29 is 9.36 Å². The van der Waals surface area contributed by atoms with Crippen molar-refractivity contribution >= 4 is 27.5 Å². The lowest BCUT2D eigenvalue weighted by Gasteiger charge is -2.10. The minimum Gasteiger partial charge on any atom is -0.320 e. The van der Waals surface area contributed by atoms with Gasteiger partial charge in [0.2, 0.25) is 6.04 Å². The van der Waals surface area contributed by atoms with E-state index in [9.17, 15) is 4.79 Å². The lowest BCUT2D eigenvalue weighted by molar-refractivity contribution is -0.711. The lowest BCUT2D eigenvalue weighted by Crippen LogP contribution is -2.46. The zero-order chi connectivity index (χ0) is 13.8. The van der Waals surface area contributed by atoms with E-state index in [-0.39, 0.29) is 11.9 Å². The highest BCUT2D eigenvalue weighted by Gasteiger charge is 2.23. The van der Waals surface area contributed by atoms with Crippen molar-refractivity contribution in [3.05, 3.63) is 58.8 Å². The van der Waals surface area contributed by atoms with Crippen LogP contribution < -0.4 is 9.88 Å². The lowest BCUT2D eigenvalue weighted by atomic mass is 10.2. The van der Waals surface area contributed by atoms with Gasteiger partial charge in [0.15, 0.2) is 11.9 Å². The number of rotatable bonds is 3. The number of aryl methyl sites for hydroxylation is 1. The van der Waals surface area contributed by atoms with Crippen LogP contribution in [0.2, 0.25) is 0 Å². The topological polar surface area (TPSA) is 33.0 Å². The molecule has 1 N–H and O–H groups in total. The number of aromatic nitrogens is 1. The van der Waals surface area contributed by atoms with E-state index in [1.165, 1.54) is 0 Å². The Balaban J connectivity index is 2.12. The third kappa shape index (κ3) is 3.41. The predicted molar refractivity (Wildman–Crippen MR) is 78.9 cm³/mol. The van der Waals surface area contributed by atoms with Gasteiger partial charge in [-0.05, 0) is 24.3 Å². The van der Waals surface area contributed by atoms with E-state index >= 15 is 0 Å². The minimum absolute atomic E-state index is 0.0263. The fourth-order valence-corrected chi connectivity index (χ4v) is 2.15. The summed E-state index contributed by atoms with van der Waals surface area (Å²) in [6, 6.07) is 13.2. The summed E-state index contributed by atoms with van der Waals surface area (Å²) in [7, 11) is 0. The Bertz CT molecular complexity index is 581. The predicted octanol–water partition coefficient (Wildman–Crippen LogP) is 3.24. The molecule has 1 amide bonds. The van der Waals surface area contributed by atoms with Crippen molar-refractivity contribution in [3.63, 3.8) is 0 Å². The molecule has 4 heteroatoms. The van der Waals surface area contributed by atoms with Crippen LogP contribution in [0.4, 0.5) is 5.69 Å². The van der Waals surface area contributed by atoms with Crippen molar-refractivity contribution in [2.24, 2.45) is 0 Å². The number of pyridine rings is 1. The number of hydrogen-bond donors (Lipinski definition) is 1. The number of carbonyl (C=O) groups excluding carboxylic acids is 1. The molecular weight excluding hydrogens is 304 g/mol. The molecule has 1 atom stereocenters. The molecule has 3 nitrogen and oxygen atoms in total. The van der Waals surface area contributed by atoms with Gasteiger partial charge in [-0.25, -0.2) is 0 Å². The van der Waals surface area contributed by atoms with Crippen LogP contribution in [0.1, 0.15) is 18.7 Å². The zero-order valence-corrected chi connectivity index (χ0v) is 12.5. The summed E-state index contributed by atoms with van der Waals surface area (Å²) >= 11 is 3.37. The van der Waals surface area contributed by atoms with Gasteiger partial charge < -0.3 is 5.32 Å². The number of halogens is 1. The maximum absolute atomic E-state index is 12.2. The van der Waals surface area contributed by atoms with Crippen molar-refractivity contribution in [2.45, 2.75) is 19.9 Å². The normalized spacial score (nSPS) is 11.9. The maximum Gasteiger partial charge on any atom is 0.293 e. The summed E-state index contributed by atoms with van der Waals surface area (Å²) in [4.78, 5) is 12.2. The Kier molecular flexibility index (Phi) is 4.32. The van der Waals surface area contributed by atoms with Crippen molar-refractivity contribution in [1.29, 1.82) is 0 Å². The van der Waals surface area contributed by atoms with Crippen molar-refractivity contribution in [2.75, 3.05) is 5.32 Å². The van der Waals surface area contributed by atoms with Crippen molar-refractivity contribution in [3.8, 4) is 0 Å². The number of amides is 1. The van der Waals surface area contributed by atoms with E-state index in [1.807, 2.05) is 67.1 Å². The van der Waals surface area contributed by atoms with Gasteiger partial charge in [-0.3, -0.25) is 4.79 Å². The molecule has 0 aliphatic rings. The largest absolute Gasteiger partial charge is 0.320 e. The smallest absolute Gasteiger partial charge is 0.293 e. The van der Waals surface area contributed by atoms with Crippen molar-refractivity contribution in [1.82, 2.24) is 0 Å². The standard InChI is InChI=1S/C15H15BrN2O/c1-11-5-3-4-10-18(11)12(2)15(19)17-14-8-6-13(16)7-9-14/h3-10,12H,1-2H3/p+1/t12-/m1/s1. The Labute approximate surface area is 121 Å². The Hall–Kier alpha value is -1.68. The molecule has 0 unspecified atom stereocenters. The third-order valence-electron chi connectivity index (χ3n) is 3.01. The van der Waals surface area contributed by atoms with E-state index < -0.39 is 0 Å². The molecule has 1 aromatic carbocycles. The molecule has 0 spiro atoms. The SMILES string of the molecule is Cc1cccc[n+]1[C@H](C)C(=O)Nc1ccc(Br)cc1. The second-order valence-electron chi connectivity index (χ2n) is 4.42. The molecule has 98 valence electrons. The first kappa shape index (κ1) is 13.7. The highest BCUT2D eigenvalue weighted by molar-refractivity contribution is 9.10. The minimum atomic E-state index is -0.246. The number of anilines is 1. The molecule has 0 bridgehead atoms. The molecule has 0 saturated carbocycles. The average Bonchev–Trinajstić information content (AvgIpc) is 2.41. The van der Waals surface area contributed by atoms with Crippen LogP contribution in [0.3, 0.4) is 0 Å². The van der Waals surface area contributed by atoms with Crippen LogP contribution >= 0.6 is 15.9 Å². The van der Waals surface area contributed by atoms with E-state index in [0.717, 1.165) is 15.9 Å². The fourth-order valence-electron chi connectivity index (χ4n) is 1.88. The van der Waals surface area contributed by atoms with Gasteiger partial charge in [0, 0.05) is 36.1 Å². The summed E-state index contributed by atoms with van der Waals surface area (Å²) in [6.45, 7) is 3.88. The second kappa shape index (κ2) is 5.97. The van der Waals surface area contributed by atoms with E-state index in [4.69, 9.17) is 0 Å². The Morgan fingerprint density at radius 3 is 2.53 bits per heavy atom. The molecule has 0 fully saturated rings. The zero-order valence-electron chi connectivity index (χ0n) is 10.9. The molecule has 19 heavy (non-hydrogen) atoms. The number of benzene rings is 1. The molecule has 0 saturated heterocycles. The number of hydrogen-bond acceptors (Lipinski definition) is 1. The highest BCUT2D eigenvalue weighted by atomic mass is 79.9. The van der Waals surface area contributed by atoms with Crippen LogP contribution in [0.5, 0.6) is 0 Å². The molecule has 2 rings (SSSR count). The summed E-state index contributed by atoms with van der Waals surface area (Å²) in [6.07, 6.45) is 1.92.